The Morgan fingerprint density at radius 3 is 2.68 bits per heavy atom. The molecule has 2 saturated carbocycles. The fourth-order valence-corrected chi connectivity index (χ4v) is 7.42. The molecule has 1 unspecified atom stereocenters. The standard InChI is InChI=1S/C23H30N2O6/c1-29-23(30-2)8-7-22(27)16-11-14-5-6-15(19(24)26)18-17(14)21(22,20(23)31-18)9-10-25(16,28)12-13-3-4-13/h5-6,13,16,20,27H,3-4,7-12H2,1-2H3,(H2,24,26)/t16-,20-,21+,22-,25?/m1/s1. The zero-order chi connectivity index (χ0) is 21.8. The van der Waals surface area contributed by atoms with Crippen molar-refractivity contribution in [1.82, 2.24) is 0 Å². The number of benzene rings is 1. The Bertz CT molecular complexity index is 975. The number of hydroxylamine groups is 3. The number of hydrogen-bond donors (Lipinski definition) is 2. The summed E-state index contributed by atoms with van der Waals surface area (Å²) in [5.74, 6) is -0.760. The molecule has 168 valence electrons. The highest BCUT2D eigenvalue weighted by Gasteiger charge is 2.79. The molecule has 8 nitrogen and oxygen atoms in total. The van der Waals surface area contributed by atoms with Crippen LogP contribution in [0.2, 0.25) is 0 Å². The van der Waals surface area contributed by atoms with Crippen molar-refractivity contribution in [2.45, 2.75) is 67.5 Å². The maximum atomic E-state index is 14.2. The molecular formula is C23H30N2O6. The Hall–Kier alpha value is -1.71. The van der Waals surface area contributed by atoms with Gasteiger partial charge in [-0.05, 0) is 30.9 Å². The van der Waals surface area contributed by atoms with Crippen LogP contribution in [0.3, 0.4) is 0 Å². The van der Waals surface area contributed by atoms with Crippen molar-refractivity contribution in [3.8, 4) is 5.75 Å². The molecule has 0 aromatic heterocycles. The van der Waals surface area contributed by atoms with Gasteiger partial charge in [0.1, 0.15) is 17.4 Å². The van der Waals surface area contributed by atoms with Crippen LogP contribution in [0.4, 0.5) is 0 Å². The maximum absolute atomic E-state index is 14.2. The topological polar surface area (TPSA) is 114 Å². The van der Waals surface area contributed by atoms with E-state index < -0.39 is 34.9 Å². The summed E-state index contributed by atoms with van der Waals surface area (Å²) in [6, 6.07) is 3.10. The fraction of sp³-hybridized carbons (Fsp3) is 0.696. The van der Waals surface area contributed by atoms with Crippen molar-refractivity contribution >= 4 is 5.91 Å². The van der Waals surface area contributed by atoms with Gasteiger partial charge in [-0.15, -0.1) is 0 Å². The number of rotatable bonds is 5. The SMILES string of the molecule is COC1(OC)CC[C@@]2(O)[C@H]3Cc4ccc(C(N)=O)c5c4[C@@]2(CC[N+]3([O-])CC2CC2)[C@H]1O5. The van der Waals surface area contributed by atoms with Gasteiger partial charge in [-0.3, -0.25) is 4.79 Å². The Labute approximate surface area is 181 Å². The molecule has 5 aliphatic rings. The van der Waals surface area contributed by atoms with Gasteiger partial charge >= 0.3 is 0 Å². The zero-order valence-electron chi connectivity index (χ0n) is 18.1. The highest BCUT2D eigenvalue weighted by atomic mass is 16.7. The van der Waals surface area contributed by atoms with E-state index in [2.05, 4.69) is 0 Å². The molecule has 3 N–H and O–H groups in total. The van der Waals surface area contributed by atoms with E-state index in [9.17, 15) is 15.1 Å². The van der Waals surface area contributed by atoms with Crippen molar-refractivity contribution in [3.05, 3.63) is 34.0 Å². The van der Waals surface area contributed by atoms with Crippen LogP contribution in [0.5, 0.6) is 5.75 Å². The second-order valence-electron chi connectivity index (χ2n) is 10.2. The van der Waals surface area contributed by atoms with E-state index in [4.69, 9.17) is 19.9 Å². The first kappa shape index (κ1) is 19.9. The minimum Gasteiger partial charge on any atom is -0.632 e. The number of quaternary nitrogens is 1. The molecule has 2 heterocycles. The summed E-state index contributed by atoms with van der Waals surface area (Å²) in [6.45, 7) is 0.975. The van der Waals surface area contributed by atoms with Crippen LogP contribution in [-0.2, 0) is 21.3 Å². The first-order chi connectivity index (χ1) is 14.7. The number of carbonyl (C=O) groups is 1. The van der Waals surface area contributed by atoms with E-state index in [0.29, 0.717) is 56.0 Å². The number of carbonyl (C=O) groups excluding carboxylic acids is 1. The smallest absolute Gasteiger partial charge is 0.252 e. The van der Waals surface area contributed by atoms with Crippen molar-refractivity contribution < 1.29 is 28.8 Å². The van der Waals surface area contributed by atoms with Crippen molar-refractivity contribution in [2.75, 3.05) is 27.3 Å². The summed E-state index contributed by atoms with van der Waals surface area (Å²) in [5, 5.41) is 26.6. The van der Waals surface area contributed by atoms with Gasteiger partial charge in [0, 0.05) is 45.0 Å². The summed E-state index contributed by atoms with van der Waals surface area (Å²) >= 11 is 0. The molecule has 1 aromatic rings. The van der Waals surface area contributed by atoms with Gasteiger partial charge in [-0.2, -0.15) is 0 Å². The van der Waals surface area contributed by atoms with Gasteiger partial charge in [0.25, 0.3) is 5.91 Å². The number of methoxy groups -OCH3 is 2. The molecule has 1 saturated heterocycles. The average molecular weight is 431 g/mol. The van der Waals surface area contributed by atoms with Crippen LogP contribution in [0, 0.1) is 11.1 Å². The predicted molar refractivity (Wildman–Crippen MR) is 110 cm³/mol. The summed E-state index contributed by atoms with van der Waals surface area (Å²) in [7, 11) is 3.16. The Kier molecular flexibility index (Phi) is 3.85. The second kappa shape index (κ2) is 5.99. The number of primary amides is 1. The van der Waals surface area contributed by atoms with Gasteiger partial charge in [0.15, 0.2) is 6.10 Å². The Morgan fingerprint density at radius 1 is 1.29 bits per heavy atom. The van der Waals surface area contributed by atoms with Crippen LogP contribution >= 0.6 is 0 Å². The van der Waals surface area contributed by atoms with Crippen molar-refractivity contribution in [2.24, 2.45) is 11.7 Å². The molecular weight excluding hydrogens is 400 g/mol. The highest BCUT2D eigenvalue weighted by molar-refractivity contribution is 5.97. The average Bonchev–Trinajstić information content (AvgIpc) is 3.47. The van der Waals surface area contributed by atoms with Crippen molar-refractivity contribution in [1.29, 1.82) is 0 Å². The van der Waals surface area contributed by atoms with Crippen molar-refractivity contribution in [3.63, 3.8) is 0 Å². The number of hydrogen-bond acceptors (Lipinski definition) is 6. The van der Waals surface area contributed by atoms with Crippen LogP contribution < -0.4 is 10.5 Å². The molecule has 2 bridgehead atoms. The van der Waals surface area contributed by atoms with E-state index in [1.165, 1.54) is 0 Å². The third-order valence-corrected chi connectivity index (χ3v) is 9.04. The molecule has 3 fully saturated rings. The summed E-state index contributed by atoms with van der Waals surface area (Å²) in [6.07, 6.45) is 3.24. The summed E-state index contributed by atoms with van der Waals surface area (Å²) in [4.78, 5) is 12.2. The minimum atomic E-state index is -1.26. The fourth-order valence-electron chi connectivity index (χ4n) is 7.42. The lowest BCUT2D eigenvalue weighted by molar-refractivity contribution is -0.924. The normalized spacial score (nSPS) is 41.4. The lowest BCUT2D eigenvalue weighted by atomic mass is 9.47. The van der Waals surface area contributed by atoms with E-state index in [1.54, 1.807) is 20.3 Å². The van der Waals surface area contributed by atoms with Gasteiger partial charge in [-0.1, -0.05) is 6.07 Å². The van der Waals surface area contributed by atoms with E-state index >= 15 is 0 Å². The van der Waals surface area contributed by atoms with Gasteiger partial charge < -0.3 is 34.9 Å². The number of aliphatic hydroxyl groups is 1. The third-order valence-electron chi connectivity index (χ3n) is 9.04. The largest absolute Gasteiger partial charge is 0.632 e. The first-order valence-corrected chi connectivity index (χ1v) is 11.3. The molecule has 0 radical (unpaired) electrons. The van der Waals surface area contributed by atoms with E-state index in [0.717, 1.165) is 24.0 Å². The van der Waals surface area contributed by atoms with Crippen LogP contribution in [-0.4, -0.2) is 66.5 Å². The molecule has 1 spiro atoms. The lowest BCUT2D eigenvalue weighted by Gasteiger charge is -2.69. The molecule has 1 aromatic carbocycles. The summed E-state index contributed by atoms with van der Waals surface area (Å²) in [5.41, 5.74) is 5.65. The molecule has 5 atom stereocenters. The number of ether oxygens (including phenoxy) is 3. The lowest BCUT2D eigenvalue weighted by Crippen LogP contribution is -2.82. The maximum Gasteiger partial charge on any atom is 0.252 e. The quantitative estimate of drug-likeness (QED) is 0.414. The molecule has 1 amide bonds. The Balaban J connectivity index is 1.61. The highest BCUT2D eigenvalue weighted by Crippen LogP contribution is 2.67. The second-order valence-corrected chi connectivity index (χ2v) is 10.2. The first-order valence-electron chi connectivity index (χ1n) is 11.3. The van der Waals surface area contributed by atoms with Gasteiger partial charge in [0.2, 0.25) is 5.79 Å². The Morgan fingerprint density at radius 2 is 2.03 bits per heavy atom. The molecule has 2 aliphatic heterocycles. The number of likely N-dealkylation sites (tertiary alicyclic amines) is 1. The monoisotopic (exact) mass is 430 g/mol. The van der Waals surface area contributed by atoms with Gasteiger partial charge in [0.05, 0.1) is 24.1 Å². The summed E-state index contributed by atoms with van der Waals surface area (Å²) < 4.78 is 17.9. The van der Waals surface area contributed by atoms with Crippen LogP contribution in [0.1, 0.15) is 53.6 Å². The molecule has 31 heavy (non-hydrogen) atoms. The molecule has 8 heteroatoms. The zero-order valence-corrected chi connectivity index (χ0v) is 18.1. The number of nitrogens with two attached hydrogens (primary N) is 1. The minimum absolute atomic E-state index is 0.302. The van der Waals surface area contributed by atoms with Crippen LogP contribution in [0.25, 0.3) is 0 Å². The molecule has 3 aliphatic carbocycles. The predicted octanol–water partition coefficient (Wildman–Crippen LogP) is 1.35. The molecule has 6 rings (SSSR count). The van der Waals surface area contributed by atoms with E-state index in [1.807, 2.05) is 6.07 Å². The number of nitrogens with zero attached hydrogens (tertiary/aromatic N) is 1. The third kappa shape index (κ3) is 2.20. The number of amides is 1. The van der Waals surface area contributed by atoms with Gasteiger partial charge in [-0.25, -0.2) is 0 Å². The number of piperidine rings is 1. The van der Waals surface area contributed by atoms with Crippen LogP contribution in [0.15, 0.2) is 12.1 Å². The van der Waals surface area contributed by atoms with E-state index in [-0.39, 0.29) is 4.65 Å².